The summed E-state index contributed by atoms with van der Waals surface area (Å²) in [5, 5.41) is 10.9. The van der Waals surface area contributed by atoms with Crippen LogP contribution in [0.25, 0.3) is 0 Å². The fourth-order valence-electron chi connectivity index (χ4n) is 2.80. The lowest BCUT2D eigenvalue weighted by molar-refractivity contribution is -0.384. The summed E-state index contributed by atoms with van der Waals surface area (Å²) in [7, 11) is 1.39. The van der Waals surface area contributed by atoms with Crippen molar-refractivity contribution in [3.05, 3.63) is 94.5 Å². The van der Waals surface area contributed by atoms with Gasteiger partial charge in [0.25, 0.3) is 11.6 Å². The average molecular weight is 392 g/mol. The third-order valence-electron chi connectivity index (χ3n) is 4.26. The number of anilines is 1. The normalized spacial score (nSPS) is 10.2. The Morgan fingerprint density at radius 3 is 2.24 bits per heavy atom. The smallest absolute Gasteiger partial charge is 0.273 e. The Balaban J connectivity index is 1.77. The third-order valence-corrected chi connectivity index (χ3v) is 4.26. The Morgan fingerprint density at radius 1 is 0.966 bits per heavy atom. The zero-order valence-corrected chi connectivity index (χ0v) is 15.9. The fourth-order valence-corrected chi connectivity index (χ4v) is 2.80. The largest absolute Gasteiger partial charge is 0.493 e. The molecule has 0 aliphatic carbocycles. The molecule has 0 N–H and O–H groups in total. The summed E-state index contributed by atoms with van der Waals surface area (Å²) < 4.78 is 10.8. The second kappa shape index (κ2) is 9.36. The number of nitro groups is 1. The molecule has 0 aliphatic rings. The molecule has 0 radical (unpaired) electrons. The van der Waals surface area contributed by atoms with Gasteiger partial charge >= 0.3 is 0 Å². The van der Waals surface area contributed by atoms with Crippen LogP contribution in [0.1, 0.15) is 5.56 Å². The molecule has 7 heteroatoms. The summed E-state index contributed by atoms with van der Waals surface area (Å²) in [6, 6.07) is 23.0. The minimum atomic E-state index is -0.519. The first-order chi connectivity index (χ1) is 14.1. The second-order valence-corrected chi connectivity index (χ2v) is 6.18. The van der Waals surface area contributed by atoms with Crippen LogP contribution in [-0.4, -0.2) is 24.5 Å². The minimum absolute atomic E-state index is 0.115. The van der Waals surface area contributed by atoms with Gasteiger partial charge < -0.3 is 14.4 Å². The van der Waals surface area contributed by atoms with E-state index < -0.39 is 4.92 Å². The molecule has 0 saturated carbocycles. The third kappa shape index (κ3) is 5.10. The van der Waals surface area contributed by atoms with Crippen LogP contribution in [0.2, 0.25) is 0 Å². The summed E-state index contributed by atoms with van der Waals surface area (Å²) in [5.74, 6) is 0.209. The van der Waals surface area contributed by atoms with Crippen LogP contribution < -0.4 is 14.4 Å². The molecule has 0 heterocycles. The molecular weight excluding hydrogens is 372 g/mol. The van der Waals surface area contributed by atoms with Crippen molar-refractivity contribution in [1.29, 1.82) is 0 Å². The molecule has 29 heavy (non-hydrogen) atoms. The lowest BCUT2D eigenvalue weighted by Gasteiger charge is -2.23. The van der Waals surface area contributed by atoms with E-state index in [1.807, 2.05) is 60.7 Å². The van der Waals surface area contributed by atoms with Crippen LogP contribution >= 0.6 is 0 Å². The molecule has 0 aliphatic heterocycles. The maximum Gasteiger partial charge on any atom is 0.273 e. The van der Waals surface area contributed by atoms with Crippen LogP contribution in [0.3, 0.4) is 0 Å². The van der Waals surface area contributed by atoms with E-state index in [4.69, 9.17) is 9.47 Å². The molecular formula is C22H20N2O5. The number of amides is 1. The highest BCUT2D eigenvalue weighted by Gasteiger charge is 2.19. The number of hydrogen-bond acceptors (Lipinski definition) is 5. The van der Waals surface area contributed by atoms with E-state index in [-0.39, 0.29) is 29.7 Å². The van der Waals surface area contributed by atoms with E-state index >= 15 is 0 Å². The van der Waals surface area contributed by atoms with Gasteiger partial charge in [0.2, 0.25) is 0 Å². The second-order valence-electron chi connectivity index (χ2n) is 6.18. The van der Waals surface area contributed by atoms with Gasteiger partial charge in [-0.1, -0.05) is 48.5 Å². The van der Waals surface area contributed by atoms with Crippen molar-refractivity contribution >= 4 is 17.3 Å². The SMILES string of the molecule is COc1cc([N+](=O)[O-])ccc1OCC(=O)N(Cc1ccccc1)c1ccccc1. The highest BCUT2D eigenvalue weighted by Crippen LogP contribution is 2.31. The Kier molecular flexibility index (Phi) is 6.42. The molecule has 0 bridgehead atoms. The number of benzene rings is 3. The first kappa shape index (κ1) is 19.9. The predicted octanol–water partition coefficient (Wildman–Crippen LogP) is 4.22. The first-order valence-corrected chi connectivity index (χ1v) is 8.93. The molecule has 1 amide bonds. The van der Waals surface area contributed by atoms with E-state index in [2.05, 4.69) is 0 Å². The number of carbonyl (C=O) groups is 1. The van der Waals surface area contributed by atoms with Gasteiger partial charge in [0, 0.05) is 11.8 Å². The number of hydrogen-bond donors (Lipinski definition) is 0. The Bertz CT molecular complexity index is 977. The van der Waals surface area contributed by atoms with Crippen molar-refractivity contribution < 1.29 is 19.2 Å². The van der Waals surface area contributed by atoms with Gasteiger partial charge in [0.05, 0.1) is 24.6 Å². The quantitative estimate of drug-likeness (QED) is 0.424. The van der Waals surface area contributed by atoms with E-state index in [0.29, 0.717) is 6.54 Å². The molecule has 148 valence electrons. The van der Waals surface area contributed by atoms with Gasteiger partial charge in [-0.05, 0) is 23.8 Å². The molecule has 3 rings (SSSR count). The van der Waals surface area contributed by atoms with Crippen molar-refractivity contribution in [3.63, 3.8) is 0 Å². The number of non-ortho nitro benzene ring substituents is 1. The zero-order valence-electron chi connectivity index (χ0n) is 15.9. The Hall–Kier alpha value is -3.87. The number of para-hydroxylation sites is 1. The number of nitro benzene ring substituents is 1. The van der Waals surface area contributed by atoms with Crippen LogP contribution in [0, 0.1) is 10.1 Å². The molecule has 0 aromatic heterocycles. The molecule has 3 aromatic rings. The van der Waals surface area contributed by atoms with E-state index in [1.165, 1.54) is 25.3 Å². The Labute approximate surface area is 168 Å². The summed E-state index contributed by atoms with van der Waals surface area (Å²) in [4.78, 5) is 25.0. The summed E-state index contributed by atoms with van der Waals surface area (Å²) >= 11 is 0. The highest BCUT2D eigenvalue weighted by atomic mass is 16.6. The lowest BCUT2D eigenvalue weighted by Crippen LogP contribution is -2.34. The molecule has 3 aromatic carbocycles. The van der Waals surface area contributed by atoms with Crippen LogP contribution in [0.4, 0.5) is 11.4 Å². The van der Waals surface area contributed by atoms with Gasteiger partial charge in [-0.2, -0.15) is 0 Å². The molecule has 0 atom stereocenters. The number of rotatable bonds is 8. The molecule has 0 fully saturated rings. The summed E-state index contributed by atoms with van der Waals surface area (Å²) in [5.41, 5.74) is 1.62. The van der Waals surface area contributed by atoms with Crippen molar-refractivity contribution in [2.75, 3.05) is 18.6 Å². The van der Waals surface area contributed by atoms with E-state index in [0.717, 1.165) is 11.3 Å². The maximum absolute atomic E-state index is 12.9. The number of carbonyl (C=O) groups excluding carboxylic acids is 1. The molecule has 0 spiro atoms. The lowest BCUT2D eigenvalue weighted by atomic mass is 10.2. The van der Waals surface area contributed by atoms with Crippen molar-refractivity contribution in [1.82, 2.24) is 0 Å². The standard InChI is InChI=1S/C22H20N2O5/c1-28-21-14-19(24(26)27)12-13-20(21)29-16-22(25)23(18-10-6-3-7-11-18)15-17-8-4-2-5-9-17/h2-14H,15-16H2,1H3. The molecule has 7 nitrogen and oxygen atoms in total. The number of methoxy groups -OCH3 is 1. The van der Waals surface area contributed by atoms with E-state index in [9.17, 15) is 14.9 Å². The zero-order chi connectivity index (χ0) is 20.6. The van der Waals surface area contributed by atoms with Crippen LogP contribution in [0.15, 0.2) is 78.9 Å². The van der Waals surface area contributed by atoms with Crippen LogP contribution in [-0.2, 0) is 11.3 Å². The maximum atomic E-state index is 12.9. The molecule has 0 unspecified atom stereocenters. The Morgan fingerprint density at radius 2 is 1.62 bits per heavy atom. The van der Waals surface area contributed by atoms with E-state index in [1.54, 1.807) is 4.90 Å². The van der Waals surface area contributed by atoms with Crippen molar-refractivity contribution in [3.8, 4) is 11.5 Å². The monoisotopic (exact) mass is 392 g/mol. The topological polar surface area (TPSA) is 81.9 Å². The van der Waals surface area contributed by atoms with Crippen molar-refractivity contribution in [2.45, 2.75) is 6.54 Å². The average Bonchev–Trinajstić information content (AvgIpc) is 2.77. The predicted molar refractivity (Wildman–Crippen MR) is 109 cm³/mol. The minimum Gasteiger partial charge on any atom is -0.493 e. The van der Waals surface area contributed by atoms with Gasteiger partial charge in [0.1, 0.15) is 0 Å². The number of nitrogens with zero attached hydrogens (tertiary/aromatic N) is 2. The van der Waals surface area contributed by atoms with Gasteiger partial charge in [-0.3, -0.25) is 14.9 Å². The summed E-state index contributed by atoms with van der Waals surface area (Å²) in [6.45, 7) is 0.153. The van der Waals surface area contributed by atoms with Gasteiger partial charge in [-0.15, -0.1) is 0 Å². The van der Waals surface area contributed by atoms with Crippen molar-refractivity contribution in [2.24, 2.45) is 0 Å². The highest BCUT2D eigenvalue weighted by molar-refractivity contribution is 5.94. The number of ether oxygens (including phenoxy) is 2. The fraction of sp³-hybridized carbons (Fsp3) is 0.136. The van der Waals surface area contributed by atoms with Gasteiger partial charge in [-0.25, -0.2) is 0 Å². The van der Waals surface area contributed by atoms with Gasteiger partial charge in [0.15, 0.2) is 18.1 Å². The first-order valence-electron chi connectivity index (χ1n) is 8.93. The molecule has 0 saturated heterocycles. The summed E-state index contributed by atoms with van der Waals surface area (Å²) in [6.07, 6.45) is 0. The van der Waals surface area contributed by atoms with Crippen LogP contribution in [0.5, 0.6) is 11.5 Å².